The van der Waals surface area contributed by atoms with Gasteiger partial charge in [-0.05, 0) is 37.3 Å². The summed E-state index contributed by atoms with van der Waals surface area (Å²) < 4.78 is 0. The van der Waals surface area contributed by atoms with Crippen LogP contribution in [-0.4, -0.2) is 28.4 Å². The van der Waals surface area contributed by atoms with Crippen LogP contribution in [0.15, 0.2) is 12.3 Å². The van der Waals surface area contributed by atoms with Gasteiger partial charge < -0.3 is 4.90 Å². The summed E-state index contributed by atoms with van der Waals surface area (Å²) in [5.74, 6) is 0.280. The summed E-state index contributed by atoms with van der Waals surface area (Å²) in [6.07, 6.45) is 6.60. The van der Waals surface area contributed by atoms with Crippen molar-refractivity contribution in [2.75, 3.05) is 6.54 Å². The van der Waals surface area contributed by atoms with Crippen molar-refractivity contribution in [3.63, 3.8) is 0 Å². The second-order valence-corrected chi connectivity index (χ2v) is 5.46. The van der Waals surface area contributed by atoms with Crippen molar-refractivity contribution in [2.45, 2.75) is 58.9 Å². The Bertz CT molecular complexity index is 456. The average molecular weight is 260 g/mol. The molecule has 1 aromatic rings. The summed E-state index contributed by atoms with van der Waals surface area (Å²) in [5, 5.41) is 0. The van der Waals surface area contributed by atoms with Crippen molar-refractivity contribution >= 4 is 5.91 Å². The van der Waals surface area contributed by atoms with Crippen LogP contribution in [0.5, 0.6) is 0 Å². The van der Waals surface area contributed by atoms with E-state index >= 15 is 0 Å². The fourth-order valence-corrected chi connectivity index (χ4v) is 2.93. The van der Waals surface area contributed by atoms with Gasteiger partial charge in [-0.3, -0.25) is 9.78 Å². The minimum Gasteiger partial charge on any atom is -0.339 e. The van der Waals surface area contributed by atoms with E-state index in [-0.39, 0.29) is 5.91 Å². The topological polar surface area (TPSA) is 33.2 Å². The molecule has 0 aromatic carbocycles. The number of hydrogen-bond acceptors (Lipinski definition) is 2. The third-order valence-electron chi connectivity index (χ3n) is 3.90. The second-order valence-electron chi connectivity index (χ2n) is 5.46. The van der Waals surface area contributed by atoms with E-state index in [1.54, 1.807) is 0 Å². The largest absolute Gasteiger partial charge is 0.339 e. The Balaban J connectivity index is 2.15. The first kappa shape index (κ1) is 14.0. The SMILES string of the molecule is CCCN(C(=O)CC)C1CCc2cc(C)cnc2C1. The van der Waals surface area contributed by atoms with Gasteiger partial charge in [0, 0.05) is 37.3 Å². The van der Waals surface area contributed by atoms with Gasteiger partial charge in [0.15, 0.2) is 0 Å². The van der Waals surface area contributed by atoms with E-state index in [1.165, 1.54) is 16.8 Å². The van der Waals surface area contributed by atoms with Crippen LogP contribution in [0.1, 0.15) is 49.9 Å². The Morgan fingerprint density at radius 1 is 1.47 bits per heavy atom. The zero-order valence-corrected chi connectivity index (χ0v) is 12.3. The fraction of sp³-hybridized carbons (Fsp3) is 0.625. The highest BCUT2D eigenvalue weighted by Crippen LogP contribution is 2.24. The first-order valence-electron chi connectivity index (χ1n) is 7.39. The highest BCUT2D eigenvalue weighted by molar-refractivity contribution is 5.76. The number of aryl methyl sites for hydroxylation is 2. The molecule has 0 saturated carbocycles. The monoisotopic (exact) mass is 260 g/mol. The fourth-order valence-electron chi connectivity index (χ4n) is 2.93. The number of nitrogens with zero attached hydrogens (tertiary/aromatic N) is 2. The standard InChI is InChI=1S/C16H24N2O/c1-4-8-18(16(19)5-2)14-7-6-13-9-12(3)11-17-15(13)10-14/h9,11,14H,4-8,10H2,1-3H3. The van der Waals surface area contributed by atoms with Crippen molar-refractivity contribution < 1.29 is 4.79 Å². The predicted octanol–water partition coefficient (Wildman–Crippen LogP) is 2.90. The van der Waals surface area contributed by atoms with Crippen LogP contribution in [-0.2, 0) is 17.6 Å². The molecule has 0 aliphatic heterocycles. The van der Waals surface area contributed by atoms with E-state index in [1.807, 2.05) is 13.1 Å². The maximum Gasteiger partial charge on any atom is 0.222 e. The summed E-state index contributed by atoms with van der Waals surface area (Å²) in [4.78, 5) is 18.7. The van der Waals surface area contributed by atoms with Gasteiger partial charge >= 0.3 is 0 Å². The van der Waals surface area contributed by atoms with Gasteiger partial charge in [-0.1, -0.05) is 19.9 Å². The Hall–Kier alpha value is -1.38. The van der Waals surface area contributed by atoms with Crippen LogP contribution in [0, 0.1) is 6.92 Å². The molecule has 0 N–H and O–H groups in total. The lowest BCUT2D eigenvalue weighted by atomic mass is 9.90. The normalized spacial score (nSPS) is 17.9. The molecule has 1 heterocycles. The van der Waals surface area contributed by atoms with Crippen molar-refractivity contribution in [2.24, 2.45) is 0 Å². The van der Waals surface area contributed by atoms with Gasteiger partial charge in [-0.15, -0.1) is 0 Å². The van der Waals surface area contributed by atoms with Crippen molar-refractivity contribution in [1.82, 2.24) is 9.88 Å². The molecule has 1 aliphatic carbocycles. The molecule has 0 fully saturated rings. The Labute approximate surface area is 116 Å². The molecule has 0 saturated heterocycles. The predicted molar refractivity (Wildman–Crippen MR) is 77.1 cm³/mol. The summed E-state index contributed by atoms with van der Waals surface area (Å²) in [6.45, 7) is 7.04. The first-order chi connectivity index (χ1) is 9.15. The molecule has 2 rings (SSSR count). The number of carbonyl (C=O) groups is 1. The third kappa shape index (κ3) is 3.14. The summed E-state index contributed by atoms with van der Waals surface area (Å²) in [5.41, 5.74) is 3.79. The maximum atomic E-state index is 12.1. The van der Waals surface area contributed by atoms with Crippen LogP contribution < -0.4 is 0 Å². The quantitative estimate of drug-likeness (QED) is 0.834. The summed E-state index contributed by atoms with van der Waals surface area (Å²) in [7, 11) is 0. The lowest BCUT2D eigenvalue weighted by Crippen LogP contribution is -2.43. The Kier molecular flexibility index (Phi) is 4.56. The number of amides is 1. The molecule has 0 bridgehead atoms. The summed E-state index contributed by atoms with van der Waals surface area (Å²) >= 11 is 0. The molecule has 1 atom stereocenters. The van der Waals surface area contributed by atoms with Crippen molar-refractivity contribution in [1.29, 1.82) is 0 Å². The third-order valence-corrected chi connectivity index (χ3v) is 3.90. The molecule has 3 nitrogen and oxygen atoms in total. The first-order valence-corrected chi connectivity index (χ1v) is 7.39. The molecule has 1 unspecified atom stereocenters. The van der Waals surface area contributed by atoms with E-state index in [4.69, 9.17) is 0 Å². The van der Waals surface area contributed by atoms with Gasteiger partial charge in [0.05, 0.1) is 0 Å². The van der Waals surface area contributed by atoms with Crippen molar-refractivity contribution in [3.05, 3.63) is 29.1 Å². The molecule has 0 radical (unpaired) electrons. The van der Waals surface area contributed by atoms with Gasteiger partial charge in [0.25, 0.3) is 0 Å². The minimum atomic E-state index is 0.280. The molecule has 0 spiro atoms. The van der Waals surface area contributed by atoms with Crippen LogP contribution in [0.4, 0.5) is 0 Å². The van der Waals surface area contributed by atoms with Crippen LogP contribution in [0.25, 0.3) is 0 Å². The number of hydrogen-bond donors (Lipinski definition) is 0. The lowest BCUT2D eigenvalue weighted by Gasteiger charge is -2.34. The van der Waals surface area contributed by atoms with Crippen molar-refractivity contribution in [3.8, 4) is 0 Å². The smallest absolute Gasteiger partial charge is 0.222 e. The zero-order valence-electron chi connectivity index (χ0n) is 12.3. The number of aromatic nitrogens is 1. The molecule has 3 heteroatoms. The highest BCUT2D eigenvalue weighted by Gasteiger charge is 2.27. The molecular weight excluding hydrogens is 236 g/mol. The van der Waals surface area contributed by atoms with E-state index < -0.39 is 0 Å². The lowest BCUT2D eigenvalue weighted by molar-refractivity contribution is -0.133. The second kappa shape index (κ2) is 6.18. The van der Waals surface area contributed by atoms with E-state index in [0.717, 1.165) is 32.2 Å². The van der Waals surface area contributed by atoms with Gasteiger partial charge in [0.1, 0.15) is 0 Å². The molecule has 1 aliphatic rings. The number of carbonyl (C=O) groups excluding carboxylic acids is 1. The van der Waals surface area contributed by atoms with E-state index in [9.17, 15) is 4.79 Å². The maximum absolute atomic E-state index is 12.1. The van der Waals surface area contributed by atoms with Crippen LogP contribution in [0.3, 0.4) is 0 Å². The molecule has 104 valence electrons. The number of rotatable bonds is 4. The van der Waals surface area contributed by atoms with Gasteiger partial charge in [0.2, 0.25) is 5.91 Å². The van der Waals surface area contributed by atoms with Gasteiger partial charge in [-0.2, -0.15) is 0 Å². The Morgan fingerprint density at radius 3 is 2.95 bits per heavy atom. The summed E-state index contributed by atoms with van der Waals surface area (Å²) in [6, 6.07) is 2.58. The zero-order chi connectivity index (χ0) is 13.8. The molecule has 1 aromatic heterocycles. The minimum absolute atomic E-state index is 0.280. The van der Waals surface area contributed by atoms with Crippen LogP contribution in [0.2, 0.25) is 0 Å². The molecule has 1 amide bonds. The van der Waals surface area contributed by atoms with Gasteiger partial charge in [-0.25, -0.2) is 0 Å². The highest BCUT2D eigenvalue weighted by atomic mass is 16.2. The van der Waals surface area contributed by atoms with E-state index in [2.05, 4.69) is 29.8 Å². The molecule has 19 heavy (non-hydrogen) atoms. The molecular formula is C16H24N2O. The Morgan fingerprint density at radius 2 is 2.26 bits per heavy atom. The number of fused-ring (bicyclic) bond motifs is 1. The average Bonchev–Trinajstić information content (AvgIpc) is 2.43. The van der Waals surface area contributed by atoms with Crippen LogP contribution >= 0.6 is 0 Å². The van der Waals surface area contributed by atoms with E-state index in [0.29, 0.717) is 12.5 Å². The number of pyridine rings is 1.